The van der Waals surface area contributed by atoms with E-state index in [9.17, 15) is 19.1 Å². The highest BCUT2D eigenvalue weighted by molar-refractivity contribution is 7.22. The summed E-state index contributed by atoms with van der Waals surface area (Å²) in [6, 6.07) is 17.7. The summed E-state index contributed by atoms with van der Waals surface area (Å²) in [5.74, 6) is -2.38. The minimum Gasteiger partial charge on any atom is -0.507 e. The summed E-state index contributed by atoms with van der Waals surface area (Å²) in [7, 11) is 0. The summed E-state index contributed by atoms with van der Waals surface area (Å²) in [5, 5.41) is 11.5. The number of nitrogens with zero attached hydrogens (tertiary/aromatic N) is 2. The molecular weight excluding hydrogens is 451 g/mol. The molecule has 34 heavy (non-hydrogen) atoms. The van der Waals surface area contributed by atoms with E-state index >= 15 is 0 Å². The number of thiazole rings is 1. The van der Waals surface area contributed by atoms with E-state index in [1.807, 2.05) is 49.4 Å². The Morgan fingerprint density at radius 3 is 2.44 bits per heavy atom. The number of rotatable bonds is 4. The van der Waals surface area contributed by atoms with E-state index in [0.29, 0.717) is 10.7 Å². The van der Waals surface area contributed by atoms with Crippen LogP contribution in [0.4, 0.5) is 9.52 Å². The topological polar surface area (TPSA) is 70.5 Å². The monoisotopic (exact) mass is 472 g/mol. The van der Waals surface area contributed by atoms with Gasteiger partial charge in [0.25, 0.3) is 5.78 Å². The van der Waals surface area contributed by atoms with Crippen molar-refractivity contribution in [3.63, 3.8) is 0 Å². The van der Waals surface area contributed by atoms with Gasteiger partial charge in [0.2, 0.25) is 0 Å². The summed E-state index contributed by atoms with van der Waals surface area (Å²) in [6.45, 7) is 4.01. The van der Waals surface area contributed by atoms with Crippen LogP contribution in [-0.2, 0) is 16.0 Å². The number of aliphatic hydroxyl groups is 1. The molecule has 1 saturated heterocycles. The molecule has 7 heteroatoms. The van der Waals surface area contributed by atoms with Crippen LogP contribution in [-0.4, -0.2) is 21.8 Å². The molecule has 0 unspecified atom stereocenters. The number of amides is 1. The number of hydrogen-bond donors (Lipinski definition) is 1. The maximum Gasteiger partial charge on any atom is 0.301 e. The molecule has 170 valence electrons. The van der Waals surface area contributed by atoms with E-state index in [1.54, 1.807) is 0 Å². The molecule has 4 aromatic rings. The van der Waals surface area contributed by atoms with Crippen LogP contribution in [0.25, 0.3) is 16.0 Å². The zero-order valence-electron chi connectivity index (χ0n) is 18.6. The molecule has 1 aliphatic heterocycles. The fourth-order valence-electron chi connectivity index (χ4n) is 4.14. The lowest BCUT2D eigenvalue weighted by Crippen LogP contribution is -2.29. The minimum absolute atomic E-state index is 0.0473. The number of anilines is 1. The van der Waals surface area contributed by atoms with Crippen LogP contribution in [0.1, 0.15) is 35.2 Å². The molecule has 3 aromatic carbocycles. The van der Waals surface area contributed by atoms with Crippen LogP contribution < -0.4 is 4.90 Å². The molecule has 1 N–H and O–H groups in total. The molecule has 0 saturated carbocycles. The number of halogens is 1. The van der Waals surface area contributed by atoms with Gasteiger partial charge in [0.05, 0.1) is 21.8 Å². The summed E-state index contributed by atoms with van der Waals surface area (Å²) in [4.78, 5) is 32.5. The van der Waals surface area contributed by atoms with Gasteiger partial charge >= 0.3 is 5.91 Å². The van der Waals surface area contributed by atoms with E-state index in [4.69, 9.17) is 0 Å². The molecule has 2 heterocycles. The SMILES string of the molecule is CCc1ccc2nc(N3C(=O)C(=O)C(=C(O)c4ccc(F)cc4)[C@H]3c3ccc(C)cc3)sc2c1. The number of aromatic nitrogens is 1. The predicted molar refractivity (Wildman–Crippen MR) is 131 cm³/mol. The first-order chi connectivity index (χ1) is 16.4. The molecule has 5 rings (SSSR count). The summed E-state index contributed by atoms with van der Waals surface area (Å²) in [5.41, 5.74) is 3.78. The number of aryl methyl sites for hydroxylation is 2. The van der Waals surface area contributed by atoms with Gasteiger partial charge < -0.3 is 5.11 Å². The van der Waals surface area contributed by atoms with E-state index < -0.39 is 23.5 Å². The third-order valence-electron chi connectivity index (χ3n) is 6.01. The number of ketones is 1. The first kappa shape index (κ1) is 22.0. The third-order valence-corrected chi connectivity index (χ3v) is 7.03. The lowest BCUT2D eigenvalue weighted by atomic mass is 9.95. The van der Waals surface area contributed by atoms with Crippen molar-refractivity contribution in [1.29, 1.82) is 0 Å². The average Bonchev–Trinajstić information content (AvgIpc) is 3.37. The lowest BCUT2D eigenvalue weighted by Gasteiger charge is -2.23. The van der Waals surface area contributed by atoms with Crippen LogP contribution in [0.2, 0.25) is 0 Å². The van der Waals surface area contributed by atoms with Crippen LogP contribution in [0, 0.1) is 12.7 Å². The number of carbonyl (C=O) groups excluding carboxylic acids is 2. The van der Waals surface area contributed by atoms with Gasteiger partial charge in [-0.2, -0.15) is 0 Å². The largest absolute Gasteiger partial charge is 0.507 e. The van der Waals surface area contributed by atoms with Crippen molar-refractivity contribution < 1.29 is 19.1 Å². The molecule has 0 spiro atoms. The quantitative estimate of drug-likeness (QED) is 0.227. The minimum atomic E-state index is -0.864. The fourth-order valence-corrected chi connectivity index (χ4v) is 5.19. The number of aliphatic hydroxyl groups excluding tert-OH is 1. The number of benzene rings is 3. The van der Waals surface area contributed by atoms with Gasteiger partial charge in [-0.3, -0.25) is 14.5 Å². The molecule has 1 fully saturated rings. The number of fused-ring (bicyclic) bond motifs is 1. The molecule has 0 aliphatic carbocycles. The van der Waals surface area contributed by atoms with Crippen molar-refractivity contribution in [3.05, 3.63) is 100 Å². The van der Waals surface area contributed by atoms with Gasteiger partial charge in [0.1, 0.15) is 11.6 Å². The van der Waals surface area contributed by atoms with Crippen LogP contribution in [0.5, 0.6) is 0 Å². The average molecular weight is 473 g/mol. The van der Waals surface area contributed by atoms with Gasteiger partial charge in [-0.15, -0.1) is 0 Å². The van der Waals surface area contributed by atoms with Crippen molar-refractivity contribution in [2.24, 2.45) is 0 Å². The van der Waals surface area contributed by atoms with E-state index in [1.165, 1.54) is 40.5 Å². The molecular formula is C27H21FN2O3S. The summed E-state index contributed by atoms with van der Waals surface area (Å²) >= 11 is 1.33. The van der Waals surface area contributed by atoms with Crippen LogP contribution >= 0.6 is 11.3 Å². The Kier molecular flexibility index (Phi) is 5.49. The van der Waals surface area contributed by atoms with Gasteiger partial charge in [-0.1, -0.05) is 54.2 Å². The first-order valence-corrected chi connectivity index (χ1v) is 11.7. The zero-order valence-corrected chi connectivity index (χ0v) is 19.4. The zero-order chi connectivity index (χ0) is 24.0. The predicted octanol–water partition coefficient (Wildman–Crippen LogP) is 5.93. The summed E-state index contributed by atoms with van der Waals surface area (Å²) < 4.78 is 14.4. The van der Waals surface area contributed by atoms with Crippen molar-refractivity contribution >= 4 is 44.1 Å². The van der Waals surface area contributed by atoms with Crippen LogP contribution in [0.3, 0.4) is 0 Å². The van der Waals surface area contributed by atoms with Gasteiger partial charge in [-0.25, -0.2) is 9.37 Å². The highest BCUT2D eigenvalue weighted by atomic mass is 32.1. The number of carbonyl (C=O) groups is 2. The molecule has 1 atom stereocenters. The first-order valence-electron chi connectivity index (χ1n) is 10.9. The van der Waals surface area contributed by atoms with Gasteiger partial charge in [-0.05, 0) is 60.9 Å². The van der Waals surface area contributed by atoms with Crippen molar-refractivity contribution in [2.45, 2.75) is 26.3 Å². The lowest BCUT2D eigenvalue weighted by molar-refractivity contribution is -0.132. The Labute approximate surface area is 199 Å². The Morgan fingerprint density at radius 2 is 1.76 bits per heavy atom. The Hall–Kier alpha value is -3.84. The van der Waals surface area contributed by atoms with Gasteiger partial charge in [0, 0.05) is 5.56 Å². The maximum atomic E-state index is 13.5. The fraction of sp³-hybridized carbons (Fsp3) is 0.148. The molecule has 0 bridgehead atoms. The Bertz CT molecular complexity index is 1460. The number of Topliss-reactive ketones (excluding diaryl/α,β-unsaturated/α-hetero) is 1. The van der Waals surface area contributed by atoms with E-state index in [2.05, 4.69) is 11.9 Å². The van der Waals surface area contributed by atoms with Crippen molar-refractivity contribution in [1.82, 2.24) is 4.98 Å². The molecule has 5 nitrogen and oxygen atoms in total. The molecule has 1 amide bonds. The Balaban J connectivity index is 1.71. The molecule has 1 aromatic heterocycles. The standard InChI is InChI=1S/C27H21FN2O3S/c1-3-16-6-13-20-21(14-16)34-27(29-20)30-23(17-7-4-15(2)5-8-17)22(25(32)26(30)33)24(31)18-9-11-19(28)12-10-18/h4-14,23,31H,3H2,1-2H3/t23-/m1/s1. The second kappa shape index (κ2) is 8.50. The van der Waals surface area contributed by atoms with E-state index in [-0.39, 0.29) is 16.9 Å². The highest BCUT2D eigenvalue weighted by Gasteiger charge is 2.48. The smallest absolute Gasteiger partial charge is 0.301 e. The normalized spacial score (nSPS) is 17.6. The van der Waals surface area contributed by atoms with Crippen molar-refractivity contribution in [2.75, 3.05) is 4.90 Å². The Morgan fingerprint density at radius 1 is 1.06 bits per heavy atom. The number of hydrogen-bond acceptors (Lipinski definition) is 5. The maximum absolute atomic E-state index is 13.5. The highest BCUT2D eigenvalue weighted by Crippen LogP contribution is 2.44. The van der Waals surface area contributed by atoms with Crippen LogP contribution in [0.15, 0.2) is 72.3 Å². The van der Waals surface area contributed by atoms with Gasteiger partial charge in [0.15, 0.2) is 5.13 Å². The third kappa shape index (κ3) is 3.68. The molecule has 1 aliphatic rings. The second-order valence-electron chi connectivity index (χ2n) is 8.24. The summed E-state index contributed by atoms with van der Waals surface area (Å²) in [6.07, 6.45) is 0.870. The van der Waals surface area contributed by atoms with E-state index in [0.717, 1.165) is 27.8 Å². The second-order valence-corrected chi connectivity index (χ2v) is 9.25. The molecule has 0 radical (unpaired) electrons. The van der Waals surface area contributed by atoms with Crippen molar-refractivity contribution in [3.8, 4) is 0 Å².